The van der Waals surface area contributed by atoms with Crippen LogP contribution < -0.4 is 15.2 Å². The number of benzene rings is 2. The summed E-state index contributed by atoms with van der Waals surface area (Å²) in [6, 6.07) is 12.8. The summed E-state index contributed by atoms with van der Waals surface area (Å²) in [7, 11) is 1.47. The number of ether oxygens (including phenoxy) is 1. The number of nitrogens with two attached hydrogens (primary N) is 1. The summed E-state index contributed by atoms with van der Waals surface area (Å²) in [6.45, 7) is 1.46. The molecule has 0 saturated carbocycles. The molecule has 3 N–H and O–H groups in total. The quantitative estimate of drug-likeness (QED) is 0.630. The zero-order chi connectivity index (χ0) is 21.6. The minimum absolute atomic E-state index is 0.0610. The first-order valence-corrected chi connectivity index (χ1v) is 9.61. The number of carbonyl (C=O) groups is 3. The topological polar surface area (TPSA) is 124 Å². The van der Waals surface area contributed by atoms with E-state index >= 15 is 0 Å². The number of amides is 2. The van der Waals surface area contributed by atoms with Crippen molar-refractivity contribution < 1.29 is 34.7 Å². The molecule has 2 amide bonds. The van der Waals surface area contributed by atoms with Crippen molar-refractivity contribution in [2.75, 3.05) is 7.11 Å². The van der Waals surface area contributed by atoms with Crippen LogP contribution >= 0.6 is 0 Å². The van der Waals surface area contributed by atoms with E-state index in [4.69, 9.17) is 4.74 Å². The lowest BCUT2D eigenvalue weighted by molar-refractivity contribution is -0.735. The fourth-order valence-electron chi connectivity index (χ4n) is 4.65. The number of hydrogen-bond donors (Lipinski definition) is 2. The van der Waals surface area contributed by atoms with Gasteiger partial charge in [0.25, 0.3) is 0 Å². The van der Waals surface area contributed by atoms with Gasteiger partial charge in [-0.3, -0.25) is 14.5 Å². The third-order valence-electron chi connectivity index (χ3n) is 6.22. The molecule has 2 saturated heterocycles. The molecule has 2 aromatic carbocycles. The molecule has 8 heteroatoms. The van der Waals surface area contributed by atoms with Gasteiger partial charge in [-0.05, 0) is 30.7 Å². The zero-order valence-corrected chi connectivity index (χ0v) is 16.6. The number of carboxylic acid groups (broad SMARTS) is 1. The van der Waals surface area contributed by atoms with Gasteiger partial charge in [-0.15, -0.1) is 0 Å². The van der Waals surface area contributed by atoms with Gasteiger partial charge < -0.3 is 25.1 Å². The van der Waals surface area contributed by atoms with Gasteiger partial charge >= 0.3 is 0 Å². The molecule has 4 rings (SSSR count). The largest absolute Gasteiger partial charge is 0.544 e. The fourth-order valence-corrected chi connectivity index (χ4v) is 4.65. The monoisotopic (exact) mass is 410 g/mol. The fraction of sp³-hybridized carbons (Fsp3) is 0.318. The van der Waals surface area contributed by atoms with Crippen molar-refractivity contribution in [1.82, 2.24) is 4.90 Å². The van der Waals surface area contributed by atoms with Gasteiger partial charge in [0.15, 0.2) is 0 Å². The average Bonchev–Trinajstić information content (AvgIpc) is 3.18. The summed E-state index contributed by atoms with van der Waals surface area (Å²) in [5.41, 5.74) is -0.542. The number of phenols is 1. The number of carboxylic acids is 1. The summed E-state index contributed by atoms with van der Waals surface area (Å²) in [6.07, 6.45) is 0. The number of methoxy groups -OCH3 is 1. The van der Waals surface area contributed by atoms with E-state index in [2.05, 4.69) is 0 Å². The number of phenolic OH excluding ortho intramolecular Hbond substituents is 1. The maximum Gasteiger partial charge on any atom is 0.240 e. The van der Waals surface area contributed by atoms with Crippen LogP contribution in [0, 0.1) is 11.8 Å². The Morgan fingerprint density at radius 2 is 1.90 bits per heavy atom. The van der Waals surface area contributed by atoms with Crippen molar-refractivity contribution in [3.05, 3.63) is 59.7 Å². The molecule has 30 heavy (non-hydrogen) atoms. The standard InChI is InChI=1S/C22H22N2O6/c1-22(21(28)29)17-16(18(23-22)14-10-13(30-2)8-9-15(14)25)19(26)24(20(17)27)11-12-6-4-3-5-7-12/h3-10,16-18,23,25H,11H2,1-2H3,(H,28,29)/t16-,17-,18-,22-/m0/s1. The second kappa shape index (κ2) is 7.14. The summed E-state index contributed by atoms with van der Waals surface area (Å²) >= 11 is 0. The number of imide groups is 1. The van der Waals surface area contributed by atoms with E-state index in [1.807, 2.05) is 6.07 Å². The molecule has 8 nitrogen and oxygen atoms in total. The van der Waals surface area contributed by atoms with Gasteiger partial charge in [0.2, 0.25) is 11.8 Å². The highest BCUT2D eigenvalue weighted by Crippen LogP contribution is 2.46. The lowest BCUT2D eigenvalue weighted by atomic mass is 9.80. The number of likely N-dealkylation sites (tertiary alicyclic amines) is 1. The maximum absolute atomic E-state index is 13.3. The lowest BCUT2D eigenvalue weighted by Gasteiger charge is -2.29. The summed E-state index contributed by atoms with van der Waals surface area (Å²) in [5.74, 6) is -4.11. The Morgan fingerprint density at radius 3 is 2.53 bits per heavy atom. The summed E-state index contributed by atoms with van der Waals surface area (Å²) in [5, 5.41) is 23.9. The first-order chi connectivity index (χ1) is 14.3. The van der Waals surface area contributed by atoms with Gasteiger partial charge in [0.1, 0.15) is 40.9 Å². The van der Waals surface area contributed by atoms with Crippen LogP contribution in [-0.4, -0.2) is 40.4 Å². The molecule has 156 valence electrons. The minimum Gasteiger partial charge on any atom is -0.544 e. The second-order valence-electron chi connectivity index (χ2n) is 7.94. The molecule has 2 heterocycles. The number of nitrogens with zero attached hydrogens (tertiary/aromatic N) is 1. The first-order valence-electron chi connectivity index (χ1n) is 9.61. The maximum atomic E-state index is 13.3. The Balaban J connectivity index is 1.78. The third kappa shape index (κ3) is 2.91. The molecular weight excluding hydrogens is 388 g/mol. The van der Waals surface area contributed by atoms with Crippen LogP contribution in [-0.2, 0) is 20.9 Å². The normalized spacial score (nSPS) is 27.9. The Hall–Kier alpha value is -3.39. The van der Waals surface area contributed by atoms with Crippen LogP contribution in [0.2, 0.25) is 0 Å². The van der Waals surface area contributed by atoms with Crippen molar-refractivity contribution in [2.24, 2.45) is 11.8 Å². The number of carbonyl (C=O) groups excluding carboxylic acids is 3. The highest BCUT2D eigenvalue weighted by atomic mass is 16.5. The van der Waals surface area contributed by atoms with E-state index in [1.165, 1.54) is 25.4 Å². The van der Waals surface area contributed by atoms with Crippen molar-refractivity contribution in [3.63, 3.8) is 0 Å². The molecule has 0 unspecified atom stereocenters. The predicted octanol–water partition coefficient (Wildman–Crippen LogP) is -0.671. The third-order valence-corrected chi connectivity index (χ3v) is 6.22. The molecule has 0 aliphatic carbocycles. The molecule has 0 spiro atoms. The molecule has 2 fully saturated rings. The van der Waals surface area contributed by atoms with E-state index in [-0.39, 0.29) is 12.3 Å². The predicted molar refractivity (Wildman–Crippen MR) is 102 cm³/mol. The summed E-state index contributed by atoms with van der Waals surface area (Å²) < 4.78 is 5.21. The van der Waals surface area contributed by atoms with E-state index in [1.54, 1.807) is 36.4 Å². The summed E-state index contributed by atoms with van der Waals surface area (Å²) in [4.78, 5) is 39.7. The van der Waals surface area contributed by atoms with Gasteiger partial charge in [-0.25, -0.2) is 0 Å². The molecule has 0 radical (unpaired) electrons. The highest BCUT2D eigenvalue weighted by molar-refractivity contribution is 6.08. The van der Waals surface area contributed by atoms with Crippen LogP contribution in [0.15, 0.2) is 48.5 Å². The number of aromatic hydroxyl groups is 1. The number of hydrogen-bond acceptors (Lipinski definition) is 6. The van der Waals surface area contributed by atoms with Crippen LogP contribution in [0.3, 0.4) is 0 Å². The van der Waals surface area contributed by atoms with Gasteiger partial charge in [-0.1, -0.05) is 30.3 Å². The highest BCUT2D eigenvalue weighted by Gasteiger charge is 2.68. The molecule has 4 atom stereocenters. The number of quaternary nitrogens is 1. The van der Waals surface area contributed by atoms with Crippen LogP contribution in [0.25, 0.3) is 0 Å². The molecular formula is C22H22N2O6. The van der Waals surface area contributed by atoms with Crippen molar-refractivity contribution in [3.8, 4) is 11.5 Å². The second-order valence-corrected chi connectivity index (χ2v) is 7.94. The van der Waals surface area contributed by atoms with Crippen molar-refractivity contribution in [1.29, 1.82) is 0 Å². The SMILES string of the molecule is COc1ccc(O)c([C@@H]2[NH2+][C@](C)(C(=O)[O-])[C@@H]3C(=O)N(Cc4ccccc4)C(=O)[C@@H]32)c1. The van der Waals surface area contributed by atoms with Gasteiger partial charge in [0.05, 0.1) is 19.2 Å². The van der Waals surface area contributed by atoms with E-state index < -0.39 is 41.2 Å². The number of fused-ring (bicyclic) bond motifs is 1. The Kier molecular flexibility index (Phi) is 4.74. The average molecular weight is 410 g/mol. The van der Waals surface area contributed by atoms with Crippen LogP contribution in [0.1, 0.15) is 24.1 Å². The number of aliphatic carboxylic acids is 1. The molecule has 2 aliphatic rings. The molecule has 2 aliphatic heterocycles. The van der Waals surface area contributed by atoms with E-state index in [0.29, 0.717) is 11.3 Å². The zero-order valence-electron chi connectivity index (χ0n) is 16.6. The first kappa shape index (κ1) is 19.9. The van der Waals surface area contributed by atoms with Gasteiger partial charge in [-0.2, -0.15) is 0 Å². The van der Waals surface area contributed by atoms with Crippen LogP contribution in [0.4, 0.5) is 0 Å². The van der Waals surface area contributed by atoms with Crippen molar-refractivity contribution >= 4 is 17.8 Å². The minimum atomic E-state index is -1.65. The van der Waals surface area contributed by atoms with E-state index in [9.17, 15) is 24.6 Å². The molecule has 0 bridgehead atoms. The Bertz CT molecular complexity index is 1020. The lowest BCUT2D eigenvalue weighted by Crippen LogP contribution is -2.98. The Morgan fingerprint density at radius 1 is 1.20 bits per heavy atom. The molecule has 2 aromatic rings. The Labute approximate surface area is 173 Å². The molecule has 0 aromatic heterocycles. The van der Waals surface area contributed by atoms with Gasteiger partial charge in [0, 0.05) is 0 Å². The smallest absolute Gasteiger partial charge is 0.240 e. The number of rotatable bonds is 5. The van der Waals surface area contributed by atoms with E-state index in [0.717, 1.165) is 10.5 Å². The van der Waals surface area contributed by atoms with Crippen molar-refractivity contribution in [2.45, 2.75) is 25.0 Å². The van der Waals surface area contributed by atoms with Crippen LogP contribution in [0.5, 0.6) is 11.5 Å².